The molecule has 0 amide bonds. The lowest BCUT2D eigenvalue weighted by atomic mass is 10.1. The molecule has 0 bridgehead atoms. The summed E-state index contributed by atoms with van der Waals surface area (Å²) in [5.41, 5.74) is 2.18. The summed E-state index contributed by atoms with van der Waals surface area (Å²) >= 11 is 0. The van der Waals surface area contributed by atoms with Crippen LogP contribution in [0, 0.1) is 0 Å². The lowest BCUT2D eigenvalue weighted by Gasteiger charge is -2.22. The predicted octanol–water partition coefficient (Wildman–Crippen LogP) is 0.847. The summed E-state index contributed by atoms with van der Waals surface area (Å²) in [6, 6.07) is 0. The molecule has 0 atom stereocenters. The first-order valence-electron chi connectivity index (χ1n) is 7.66. The second-order valence-corrected chi connectivity index (χ2v) is 7.56. The molecule has 0 spiro atoms. The summed E-state index contributed by atoms with van der Waals surface area (Å²) in [6.07, 6.45) is 2.00. The molecule has 1 aromatic heterocycles. The Bertz CT molecular complexity index is 642. The number of hydrogen-bond donors (Lipinski definition) is 2. The van der Waals surface area contributed by atoms with E-state index in [0.717, 1.165) is 11.3 Å². The molecule has 0 saturated heterocycles. The third-order valence-electron chi connectivity index (χ3n) is 3.23. The Labute approximate surface area is 162 Å². The van der Waals surface area contributed by atoms with Gasteiger partial charge in [0.2, 0.25) is 10.0 Å². The van der Waals surface area contributed by atoms with Gasteiger partial charge in [-0.1, -0.05) is 13.8 Å². The van der Waals surface area contributed by atoms with Crippen molar-refractivity contribution in [2.45, 2.75) is 33.2 Å². The molecule has 0 unspecified atom stereocenters. The van der Waals surface area contributed by atoms with E-state index in [1.54, 1.807) is 0 Å². The lowest BCUT2D eigenvalue weighted by Crippen LogP contribution is -2.39. The van der Waals surface area contributed by atoms with Crippen LogP contribution in [-0.4, -0.2) is 54.9 Å². The monoisotopic (exact) mass is 472 g/mol. The maximum Gasteiger partial charge on any atom is 0.210 e. The highest BCUT2D eigenvalue weighted by Crippen LogP contribution is 2.18. The quantitative estimate of drug-likeness (QED) is 0.348. The first-order chi connectivity index (χ1) is 10.6. The number of aliphatic imine (C=N–C) groups is 1. The molecule has 0 aliphatic heterocycles. The van der Waals surface area contributed by atoms with Crippen LogP contribution in [0.2, 0.25) is 0 Å². The largest absolute Gasteiger partial charge is 0.357 e. The number of halogens is 1. The summed E-state index contributed by atoms with van der Waals surface area (Å²) in [6.45, 7) is 7.65. The van der Waals surface area contributed by atoms with Gasteiger partial charge in [-0.3, -0.25) is 9.67 Å². The van der Waals surface area contributed by atoms with Crippen LogP contribution in [0.1, 0.15) is 37.9 Å². The Morgan fingerprint density at radius 2 is 2.12 bits per heavy atom. The summed E-state index contributed by atoms with van der Waals surface area (Å²) in [7, 11) is 0.315. The van der Waals surface area contributed by atoms with Crippen molar-refractivity contribution in [1.29, 1.82) is 0 Å². The molecule has 0 radical (unpaired) electrons. The van der Waals surface area contributed by atoms with E-state index in [0.29, 0.717) is 25.0 Å². The summed E-state index contributed by atoms with van der Waals surface area (Å²) in [4.78, 5) is 6.28. The summed E-state index contributed by atoms with van der Waals surface area (Å²) < 4.78 is 23.8. The van der Waals surface area contributed by atoms with Crippen LogP contribution in [0.4, 0.5) is 0 Å². The van der Waals surface area contributed by atoms with Gasteiger partial charge in [-0.15, -0.1) is 24.0 Å². The number of hydrogen-bond acceptors (Lipinski definition) is 4. The third kappa shape index (κ3) is 7.79. The van der Waals surface area contributed by atoms with Crippen LogP contribution in [0.3, 0.4) is 0 Å². The fourth-order valence-electron chi connectivity index (χ4n) is 2.24. The molecule has 0 aromatic carbocycles. The Morgan fingerprint density at radius 3 is 2.62 bits per heavy atom. The molecule has 3 N–H and O–H groups in total. The fraction of sp³-hybridized carbons (Fsp3) is 0.714. The van der Waals surface area contributed by atoms with Crippen molar-refractivity contribution in [2.75, 3.05) is 25.9 Å². The van der Waals surface area contributed by atoms with Crippen LogP contribution in [0.25, 0.3) is 0 Å². The van der Waals surface area contributed by atoms with E-state index >= 15 is 0 Å². The van der Waals surface area contributed by atoms with Gasteiger partial charge in [-0.2, -0.15) is 5.10 Å². The average molecular weight is 472 g/mol. The van der Waals surface area contributed by atoms with Crippen molar-refractivity contribution in [3.8, 4) is 0 Å². The second kappa shape index (κ2) is 10.2. The topological polar surface area (TPSA) is 106 Å². The van der Waals surface area contributed by atoms with Crippen LogP contribution in [0.15, 0.2) is 11.2 Å². The molecular formula is C14H29IN6O2S. The Morgan fingerprint density at radius 1 is 1.50 bits per heavy atom. The zero-order valence-corrected chi connectivity index (χ0v) is 18.1. The van der Waals surface area contributed by atoms with Crippen molar-refractivity contribution in [3.63, 3.8) is 0 Å². The van der Waals surface area contributed by atoms with E-state index in [-0.39, 0.29) is 36.3 Å². The number of rotatable bonds is 7. The van der Waals surface area contributed by atoms with Crippen molar-refractivity contribution in [3.05, 3.63) is 17.5 Å². The van der Waals surface area contributed by atoms with E-state index in [1.165, 1.54) is 0 Å². The number of nitrogens with one attached hydrogen (secondary N) is 1. The Kier molecular flexibility index (Phi) is 9.81. The van der Waals surface area contributed by atoms with Crippen molar-refractivity contribution < 1.29 is 8.42 Å². The second-order valence-electron chi connectivity index (χ2n) is 5.83. The number of sulfonamides is 1. The van der Waals surface area contributed by atoms with Crippen LogP contribution in [-0.2, 0) is 23.6 Å². The minimum absolute atomic E-state index is 0. The minimum Gasteiger partial charge on any atom is -0.357 e. The van der Waals surface area contributed by atoms with Gasteiger partial charge in [-0.25, -0.2) is 13.6 Å². The van der Waals surface area contributed by atoms with E-state index in [4.69, 9.17) is 5.14 Å². The maximum absolute atomic E-state index is 11.0. The van der Waals surface area contributed by atoms with Gasteiger partial charge in [-0.05, 0) is 12.8 Å². The number of nitrogens with two attached hydrogens (primary N) is 1. The molecule has 0 aliphatic carbocycles. The molecule has 1 aromatic rings. The van der Waals surface area contributed by atoms with Gasteiger partial charge in [0.1, 0.15) is 0 Å². The molecule has 8 nitrogen and oxygen atoms in total. The fourth-order valence-corrected chi connectivity index (χ4v) is 2.59. The molecule has 0 saturated carbocycles. The van der Waals surface area contributed by atoms with Crippen LogP contribution >= 0.6 is 24.0 Å². The summed E-state index contributed by atoms with van der Waals surface area (Å²) in [5.74, 6) is 0.816. The van der Waals surface area contributed by atoms with Gasteiger partial charge >= 0.3 is 0 Å². The van der Waals surface area contributed by atoms with Gasteiger partial charge in [0.05, 0.1) is 18.0 Å². The number of primary sulfonamides is 1. The Hall–Kier alpha value is -0.880. The first-order valence-corrected chi connectivity index (χ1v) is 9.38. The number of guanidine groups is 1. The SMILES string of the molecule is CCNC(=NCCS(N)(=O)=O)N(C)Cc1cn(C)nc1C(C)C.I. The van der Waals surface area contributed by atoms with Crippen molar-refractivity contribution in [2.24, 2.45) is 17.2 Å². The Balaban J connectivity index is 0.00000529. The normalized spacial score (nSPS) is 12.2. The lowest BCUT2D eigenvalue weighted by molar-refractivity contribution is 0.474. The zero-order valence-electron chi connectivity index (χ0n) is 15.0. The van der Waals surface area contributed by atoms with Gasteiger partial charge in [0.25, 0.3) is 0 Å². The highest BCUT2D eigenvalue weighted by molar-refractivity contribution is 14.0. The van der Waals surface area contributed by atoms with E-state index < -0.39 is 10.0 Å². The van der Waals surface area contributed by atoms with Gasteiger partial charge < -0.3 is 10.2 Å². The van der Waals surface area contributed by atoms with Crippen molar-refractivity contribution >= 4 is 40.0 Å². The predicted molar refractivity (Wildman–Crippen MR) is 108 cm³/mol. The molecule has 0 aliphatic rings. The van der Waals surface area contributed by atoms with Crippen LogP contribution < -0.4 is 10.5 Å². The molecular weight excluding hydrogens is 443 g/mol. The standard InChI is InChI=1S/C14H28N6O2S.HI/c1-6-16-14(17-7-8-23(15,21)22)19(4)9-12-10-20(5)18-13(12)11(2)3;/h10-11H,6-9H2,1-5H3,(H,16,17)(H2,15,21,22);1H. The van der Waals surface area contributed by atoms with Crippen LogP contribution in [0.5, 0.6) is 0 Å². The first kappa shape index (κ1) is 23.1. The molecule has 1 rings (SSSR count). The molecule has 24 heavy (non-hydrogen) atoms. The number of aryl methyl sites for hydroxylation is 1. The maximum atomic E-state index is 11.0. The van der Waals surface area contributed by atoms with E-state index in [9.17, 15) is 8.42 Å². The van der Waals surface area contributed by atoms with E-state index in [1.807, 2.05) is 36.8 Å². The smallest absolute Gasteiger partial charge is 0.210 e. The highest BCUT2D eigenvalue weighted by atomic mass is 127. The van der Waals surface area contributed by atoms with Crippen molar-refractivity contribution in [1.82, 2.24) is 20.0 Å². The number of nitrogens with zero attached hydrogens (tertiary/aromatic N) is 4. The van der Waals surface area contributed by atoms with E-state index in [2.05, 4.69) is 29.3 Å². The average Bonchev–Trinajstić information content (AvgIpc) is 2.77. The molecule has 140 valence electrons. The number of aromatic nitrogens is 2. The zero-order chi connectivity index (χ0) is 17.6. The molecule has 1 heterocycles. The molecule has 0 fully saturated rings. The molecule has 10 heteroatoms. The minimum atomic E-state index is -3.50. The van der Waals surface area contributed by atoms with Gasteiger partial charge in [0.15, 0.2) is 5.96 Å². The highest BCUT2D eigenvalue weighted by Gasteiger charge is 2.15. The van der Waals surface area contributed by atoms with Gasteiger partial charge in [0, 0.05) is 38.9 Å². The summed E-state index contributed by atoms with van der Waals surface area (Å²) in [5, 5.41) is 12.7. The third-order valence-corrected chi connectivity index (χ3v) is 3.98.